The predicted octanol–water partition coefficient (Wildman–Crippen LogP) is 6.22. The van der Waals surface area contributed by atoms with E-state index >= 15 is 0 Å². The zero-order valence-electron chi connectivity index (χ0n) is 27.6. The molecular weight excluding hydrogens is 567 g/mol. The van der Waals surface area contributed by atoms with Gasteiger partial charge < -0.3 is 24.9 Å². The van der Waals surface area contributed by atoms with Crippen LogP contribution in [-0.2, 0) is 21.1 Å². The molecule has 0 bridgehead atoms. The molecule has 1 atom stereocenters. The van der Waals surface area contributed by atoms with E-state index in [1.165, 1.54) is 5.56 Å². The summed E-state index contributed by atoms with van der Waals surface area (Å²) in [5.41, 5.74) is 8.05. The van der Waals surface area contributed by atoms with E-state index in [2.05, 4.69) is 75.5 Å². The van der Waals surface area contributed by atoms with Crippen LogP contribution in [0, 0.1) is 18.3 Å². The first-order chi connectivity index (χ1) is 20.6. The first-order valence-corrected chi connectivity index (χ1v) is 18.2. The number of amides is 1. The summed E-state index contributed by atoms with van der Waals surface area (Å²) >= 11 is 0. The Labute approximate surface area is 262 Å². The van der Waals surface area contributed by atoms with Crippen molar-refractivity contribution in [3.8, 4) is 17.3 Å². The van der Waals surface area contributed by atoms with Crippen molar-refractivity contribution in [1.82, 2.24) is 14.9 Å². The summed E-state index contributed by atoms with van der Waals surface area (Å²) in [5, 5.41) is 17.1. The van der Waals surface area contributed by atoms with E-state index in [0.717, 1.165) is 45.9 Å². The second kappa shape index (κ2) is 11.6. The fourth-order valence-electron chi connectivity index (χ4n) is 5.71. The summed E-state index contributed by atoms with van der Waals surface area (Å²) in [6, 6.07) is 12.3. The average Bonchev–Trinajstić information content (AvgIpc) is 3.55. The number of nitrogens with one attached hydrogen (secondary N) is 2. The molecule has 1 aromatic heterocycles. The normalized spacial score (nSPS) is 17.7. The van der Waals surface area contributed by atoms with E-state index in [4.69, 9.17) is 9.41 Å². The molecule has 0 radical (unpaired) electrons. The quantitative estimate of drug-likeness (QED) is 0.289. The van der Waals surface area contributed by atoms with Gasteiger partial charge in [-0.3, -0.25) is 4.79 Å². The van der Waals surface area contributed by atoms with Crippen molar-refractivity contribution in [3.63, 3.8) is 0 Å². The van der Waals surface area contributed by atoms with E-state index in [-0.39, 0.29) is 16.4 Å². The zero-order valence-corrected chi connectivity index (χ0v) is 28.6. The van der Waals surface area contributed by atoms with Crippen molar-refractivity contribution in [2.45, 2.75) is 64.6 Å². The van der Waals surface area contributed by atoms with Gasteiger partial charge in [0.25, 0.3) is 0 Å². The first kappa shape index (κ1) is 31.6. The summed E-state index contributed by atoms with van der Waals surface area (Å²) in [6.45, 7) is 18.0. The second-order valence-electron chi connectivity index (χ2n) is 14.2. The Balaban J connectivity index is 1.42. The molecule has 2 aliphatic rings. The van der Waals surface area contributed by atoms with Crippen LogP contribution in [0.3, 0.4) is 0 Å². The number of carbonyl (C=O) groups is 1. The number of hydrogen-bond acceptors (Lipinski definition) is 8. The smallest absolute Gasteiger partial charge is 0.241 e. The highest BCUT2D eigenvalue weighted by Crippen LogP contribution is 2.44. The first-order valence-electron chi connectivity index (χ1n) is 15.3. The largest absolute Gasteiger partial charge is 0.416 e. The van der Waals surface area contributed by atoms with E-state index in [1.807, 2.05) is 48.2 Å². The van der Waals surface area contributed by atoms with Crippen molar-refractivity contribution in [2.75, 3.05) is 55.9 Å². The van der Waals surface area contributed by atoms with Gasteiger partial charge in [0.15, 0.2) is 8.32 Å². The van der Waals surface area contributed by atoms with Crippen LogP contribution in [0.4, 0.5) is 23.0 Å². The van der Waals surface area contributed by atoms with Crippen LogP contribution in [0.15, 0.2) is 36.5 Å². The summed E-state index contributed by atoms with van der Waals surface area (Å²) < 4.78 is 6.68. The topological polar surface area (TPSA) is 106 Å². The van der Waals surface area contributed by atoms with Gasteiger partial charge in [-0.1, -0.05) is 27.7 Å². The number of benzene rings is 2. The molecule has 0 aliphatic carbocycles. The number of nitrogens with zero attached hydrogens (tertiary/aromatic N) is 5. The number of aromatic nitrogens is 2. The molecule has 0 spiro atoms. The number of fused-ring (bicyclic) bond motifs is 2. The second-order valence-corrected chi connectivity index (χ2v) is 19.0. The lowest BCUT2D eigenvalue weighted by molar-refractivity contribution is -0.119. The van der Waals surface area contributed by atoms with Gasteiger partial charge in [-0.05, 0) is 92.6 Å². The van der Waals surface area contributed by atoms with E-state index < -0.39 is 8.32 Å². The number of anilines is 4. The minimum absolute atomic E-state index is 0.105. The fraction of sp³-hybridized carbons (Fsp3) is 0.471. The molecule has 5 rings (SSSR count). The molecule has 0 unspecified atom stereocenters. The van der Waals surface area contributed by atoms with Gasteiger partial charge >= 0.3 is 0 Å². The van der Waals surface area contributed by atoms with Crippen LogP contribution in [0.25, 0.3) is 11.3 Å². The fourth-order valence-corrected chi connectivity index (χ4v) is 6.83. The van der Waals surface area contributed by atoms with Crippen molar-refractivity contribution in [2.24, 2.45) is 0 Å². The maximum atomic E-state index is 12.8. The van der Waals surface area contributed by atoms with Crippen LogP contribution in [-0.4, -0.2) is 69.4 Å². The third-order valence-corrected chi connectivity index (χ3v) is 14.0. The number of hydrogen-bond donors (Lipinski definition) is 2. The molecule has 2 N–H and O–H groups in total. The molecule has 2 aliphatic heterocycles. The number of likely N-dealkylation sites (N-methyl/N-ethyl adjacent to an activating group) is 1. The van der Waals surface area contributed by atoms with Crippen molar-refractivity contribution >= 4 is 37.2 Å². The Morgan fingerprint density at radius 1 is 1.25 bits per heavy atom. The lowest BCUT2D eigenvalue weighted by atomic mass is 9.83. The van der Waals surface area contributed by atoms with Crippen molar-refractivity contribution in [3.05, 3.63) is 58.8 Å². The number of carbonyl (C=O) groups excluding carboxylic acids is 1. The Morgan fingerprint density at radius 3 is 2.68 bits per heavy atom. The van der Waals surface area contributed by atoms with Crippen LogP contribution in [0.1, 0.15) is 49.9 Å². The SMILES string of the molecule is Cc1c(Nc2nccc(-c3cc(C#N)c4c(c3)[C@@](C)(CO[Si](C)(C)C(C)(C)C)CN4)n2)ccc2c1CCN2C(=O)CN(C)C. The number of nitriles is 1. The van der Waals surface area contributed by atoms with Gasteiger partial charge in [0.2, 0.25) is 11.9 Å². The summed E-state index contributed by atoms with van der Waals surface area (Å²) in [4.78, 5) is 25.9. The van der Waals surface area contributed by atoms with Crippen molar-refractivity contribution in [1.29, 1.82) is 5.26 Å². The highest BCUT2D eigenvalue weighted by molar-refractivity contribution is 6.74. The minimum Gasteiger partial charge on any atom is -0.416 e. The van der Waals surface area contributed by atoms with Gasteiger partial charge in [-0.2, -0.15) is 5.26 Å². The highest BCUT2D eigenvalue weighted by Gasteiger charge is 2.42. The molecule has 0 saturated carbocycles. The minimum atomic E-state index is -1.96. The monoisotopic (exact) mass is 611 g/mol. The number of rotatable bonds is 8. The maximum absolute atomic E-state index is 12.8. The molecule has 44 heavy (non-hydrogen) atoms. The Kier molecular flexibility index (Phi) is 8.35. The van der Waals surface area contributed by atoms with Gasteiger partial charge in [0.05, 0.1) is 23.5 Å². The standard InChI is InChI=1S/C34H45N7O2Si/c1-22-25-13-15-41(30(42)19-40(6)7)29(25)11-10-27(22)38-32-36-14-12-28(39-32)23-16-24(18-35)31-26(17-23)34(5,20-37-31)21-43-44(8,9)33(2,3)4/h10-12,14,16-17,37H,13,15,19-21H2,1-9H3,(H,36,38,39)/t34-/m1/s1. The molecule has 0 saturated heterocycles. The van der Waals surface area contributed by atoms with Crippen LogP contribution >= 0.6 is 0 Å². The Hall–Kier alpha value is -3.78. The average molecular weight is 612 g/mol. The zero-order chi connectivity index (χ0) is 32.0. The van der Waals surface area contributed by atoms with Crippen molar-refractivity contribution < 1.29 is 9.22 Å². The highest BCUT2D eigenvalue weighted by atomic mass is 28.4. The van der Waals surface area contributed by atoms with Crippen LogP contribution < -0.4 is 15.5 Å². The summed E-state index contributed by atoms with van der Waals surface area (Å²) in [5.74, 6) is 0.582. The Bertz CT molecular complexity index is 1640. The van der Waals surface area contributed by atoms with Gasteiger partial charge in [0, 0.05) is 48.2 Å². The molecule has 3 aromatic rings. The third kappa shape index (κ3) is 5.96. The molecule has 9 nitrogen and oxygen atoms in total. The maximum Gasteiger partial charge on any atom is 0.241 e. The predicted molar refractivity (Wildman–Crippen MR) is 180 cm³/mol. The molecule has 2 aromatic carbocycles. The summed E-state index contributed by atoms with van der Waals surface area (Å²) in [6.07, 6.45) is 2.56. The molecule has 232 valence electrons. The molecule has 3 heterocycles. The van der Waals surface area contributed by atoms with Crippen LogP contribution in [0.5, 0.6) is 0 Å². The lowest BCUT2D eigenvalue weighted by Gasteiger charge is -2.39. The van der Waals surface area contributed by atoms with Gasteiger partial charge in [-0.15, -0.1) is 0 Å². The Morgan fingerprint density at radius 2 is 2.00 bits per heavy atom. The lowest BCUT2D eigenvalue weighted by Crippen LogP contribution is -2.45. The van der Waals surface area contributed by atoms with Gasteiger partial charge in [0.1, 0.15) is 6.07 Å². The third-order valence-electron chi connectivity index (χ3n) is 9.52. The summed E-state index contributed by atoms with van der Waals surface area (Å²) in [7, 11) is 1.86. The van der Waals surface area contributed by atoms with Gasteiger partial charge in [-0.25, -0.2) is 9.97 Å². The molecular formula is C34H45N7O2Si. The van der Waals surface area contributed by atoms with E-state index in [1.54, 1.807) is 6.20 Å². The molecule has 0 fully saturated rings. The molecule has 1 amide bonds. The van der Waals surface area contributed by atoms with E-state index in [0.29, 0.717) is 37.8 Å². The van der Waals surface area contributed by atoms with Crippen LogP contribution in [0.2, 0.25) is 18.1 Å². The molecule has 10 heteroatoms. The van der Waals surface area contributed by atoms with E-state index in [9.17, 15) is 10.1 Å².